The number of imidazole rings is 1. The van der Waals surface area contributed by atoms with E-state index in [1.54, 1.807) is 36.9 Å². The minimum atomic E-state index is -3.54. The highest BCUT2D eigenvalue weighted by molar-refractivity contribution is 7.85. The van der Waals surface area contributed by atoms with Crippen molar-refractivity contribution in [1.82, 2.24) is 9.55 Å². The van der Waals surface area contributed by atoms with Crippen LogP contribution in [0.3, 0.4) is 0 Å². The molecule has 1 aromatic heterocycles. The van der Waals surface area contributed by atoms with Crippen molar-refractivity contribution in [3.05, 3.63) is 53.6 Å². The van der Waals surface area contributed by atoms with Crippen molar-refractivity contribution in [1.29, 1.82) is 0 Å². The molecule has 2 atom stereocenters. The molecule has 3 rings (SSSR count). The number of aromatic nitrogens is 2. The zero-order valence-corrected chi connectivity index (χ0v) is 15.8. The molecule has 0 spiro atoms. The first-order chi connectivity index (χ1) is 11.4. The van der Waals surface area contributed by atoms with E-state index in [1.807, 2.05) is 10.6 Å². The second-order valence-electron chi connectivity index (χ2n) is 5.54. The molecular formula is C15H18Cl2N2O5S. The largest absolute Gasteiger partial charge is 0.342 e. The molecule has 10 heteroatoms. The molecule has 0 saturated carbocycles. The van der Waals surface area contributed by atoms with Gasteiger partial charge in [-0.25, -0.2) is 4.98 Å². The van der Waals surface area contributed by atoms with Gasteiger partial charge in [0.15, 0.2) is 0 Å². The van der Waals surface area contributed by atoms with Crippen molar-refractivity contribution in [2.75, 3.05) is 19.5 Å². The molecule has 0 amide bonds. The molecule has 138 valence electrons. The fourth-order valence-electron chi connectivity index (χ4n) is 2.52. The highest BCUT2D eigenvalue weighted by Gasteiger charge is 2.44. The summed E-state index contributed by atoms with van der Waals surface area (Å²) in [5, 5.41) is 0.556. The van der Waals surface area contributed by atoms with Crippen LogP contribution in [0.15, 0.2) is 43.0 Å². The van der Waals surface area contributed by atoms with Gasteiger partial charge in [0, 0.05) is 23.0 Å². The molecule has 1 fully saturated rings. The van der Waals surface area contributed by atoms with Crippen LogP contribution in [-0.4, -0.2) is 43.5 Å². The number of hydrogen-bond donors (Lipinski definition) is 0. The molecule has 2 unspecified atom stereocenters. The van der Waals surface area contributed by atoms with E-state index >= 15 is 0 Å². The van der Waals surface area contributed by atoms with Gasteiger partial charge in [0.2, 0.25) is 5.79 Å². The SMILES string of the molecule is CS(=O)(=O)OCC1COC(Cn2ccnc2)(c2cccc(Cl)c2)O1.Cl. The maximum atomic E-state index is 11.2. The van der Waals surface area contributed by atoms with E-state index in [4.69, 9.17) is 25.3 Å². The number of halogens is 2. The number of nitrogens with zero attached hydrogens (tertiary/aromatic N) is 2. The van der Waals surface area contributed by atoms with Crippen molar-refractivity contribution >= 4 is 34.1 Å². The van der Waals surface area contributed by atoms with Crippen molar-refractivity contribution in [2.24, 2.45) is 0 Å². The normalized spacial score (nSPS) is 23.4. The van der Waals surface area contributed by atoms with Crippen LogP contribution in [-0.2, 0) is 36.1 Å². The lowest BCUT2D eigenvalue weighted by atomic mass is 10.1. The Morgan fingerprint density at radius 3 is 2.92 bits per heavy atom. The smallest absolute Gasteiger partial charge is 0.264 e. The number of benzene rings is 1. The Bertz CT molecular complexity index is 800. The quantitative estimate of drug-likeness (QED) is 0.681. The van der Waals surface area contributed by atoms with Gasteiger partial charge in [0.1, 0.15) is 6.10 Å². The summed E-state index contributed by atoms with van der Waals surface area (Å²) in [6.45, 7) is 0.449. The second kappa shape index (κ2) is 8.03. The average molecular weight is 409 g/mol. The molecule has 1 saturated heterocycles. The predicted molar refractivity (Wildman–Crippen MR) is 94.2 cm³/mol. The fraction of sp³-hybridized carbons (Fsp3) is 0.400. The highest BCUT2D eigenvalue weighted by Crippen LogP contribution is 2.37. The van der Waals surface area contributed by atoms with Gasteiger partial charge in [-0.1, -0.05) is 23.7 Å². The Labute approximate surface area is 157 Å². The second-order valence-corrected chi connectivity index (χ2v) is 7.62. The van der Waals surface area contributed by atoms with Crippen molar-refractivity contribution in [3.63, 3.8) is 0 Å². The summed E-state index contributed by atoms with van der Waals surface area (Å²) in [6, 6.07) is 7.18. The predicted octanol–water partition coefficient (Wildman–Crippen LogP) is 2.20. The Balaban J connectivity index is 0.00000225. The summed E-state index contributed by atoms with van der Waals surface area (Å²) in [7, 11) is -3.54. The molecule has 2 heterocycles. The van der Waals surface area contributed by atoms with Gasteiger partial charge < -0.3 is 14.0 Å². The van der Waals surface area contributed by atoms with Crippen LogP contribution in [0.4, 0.5) is 0 Å². The maximum absolute atomic E-state index is 11.2. The fourth-order valence-corrected chi connectivity index (χ4v) is 3.11. The lowest BCUT2D eigenvalue weighted by Gasteiger charge is -2.29. The standard InChI is InChI=1S/C15H17ClN2O5S.ClH/c1-24(19,20)22-9-14-8-21-15(23-14,10-18-6-5-17-11-18)12-3-2-4-13(16)7-12;/h2-7,11,14H,8-10H2,1H3;1H. The highest BCUT2D eigenvalue weighted by atomic mass is 35.5. The Hall–Kier alpha value is -1.16. The zero-order valence-electron chi connectivity index (χ0n) is 13.4. The Morgan fingerprint density at radius 1 is 1.48 bits per heavy atom. The lowest BCUT2D eigenvalue weighted by Crippen LogP contribution is -2.34. The topological polar surface area (TPSA) is 79.7 Å². The van der Waals surface area contributed by atoms with E-state index in [-0.39, 0.29) is 25.6 Å². The van der Waals surface area contributed by atoms with Crippen molar-refractivity contribution in [2.45, 2.75) is 18.4 Å². The van der Waals surface area contributed by atoms with Gasteiger partial charge in [0.25, 0.3) is 10.1 Å². The summed E-state index contributed by atoms with van der Waals surface area (Å²) in [6.07, 6.45) is 5.59. The molecule has 2 aromatic rings. The molecule has 0 aliphatic carbocycles. The van der Waals surface area contributed by atoms with E-state index in [1.165, 1.54) is 0 Å². The van der Waals surface area contributed by atoms with Crippen LogP contribution in [0, 0.1) is 0 Å². The van der Waals surface area contributed by atoms with E-state index in [0.717, 1.165) is 11.8 Å². The van der Waals surface area contributed by atoms with Crippen molar-refractivity contribution < 1.29 is 22.1 Å². The maximum Gasteiger partial charge on any atom is 0.264 e. The average Bonchev–Trinajstić information content (AvgIpc) is 3.15. The first kappa shape index (κ1) is 20.2. The summed E-state index contributed by atoms with van der Waals surface area (Å²) < 4.78 is 41.0. The van der Waals surface area contributed by atoms with Crippen LogP contribution >= 0.6 is 24.0 Å². The first-order valence-electron chi connectivity index (χ1n) is 7.24. The number of hydrogen-bond acceptors (Lipinski definition) is 6. The summed E-state index contributed by atoms with van der Waals surface area (Å²) in [5.41, 5.74) is 0.741. The molecule has 1 aromatic carbocycles. The van der Waals surface area contributed by atoms with Gasteiger partial charge in [-0.3, -0.25) is 4.18 Å². The van der Waals surface area contributed by atoms with Crippen LogP contribution in [0.1, 0.15) is 5.56 Å². The van der Waals surface area contributed by atoms with Crippen LogP contribution in [0.25, 0.3) is 0 Å². The van der Waals surface area contributed by atoms with E-state index in [0.29, 0.717) is 11.6 Å². The third-order valence-corrected chi connectivity index (χ3v) is 4.34. The minimum absolute atomic E-state index is 0. The molecule has 0 bridgehead atoms. The number of ether oxygens (including phenoxy) is 2. The molecule has 0 N–H and O–H groups in total. The van der Waals surface area contributed by atoms with Gasteiger partial charge in [-0.05, 0) is 12.1 Å². The third kappa shape index (κ3) is 5.16. The molecule has 1 aliphatic heterocycles. The van der Waals surface area contributed by atoms with Crippen LogP contribution in [0.2, 0.25) is 5.02 Å². The first-order valence-corrected chi connectivity index (χ1v) is 9.44. The molecule has 1 aliphatic rings. The molecule has 7 nitrogen and oxygen atoms in total. The van der Waals surface area contributed by atoms with E-state index < -0.39 is 22.0 Å². The molecule has 25 heavy (non-hydrogen) atoms. The molecule has 0 radical (unpaired) electrons. The number of rotatable bonds is 6. The van der Waals surface area contributed by atoms with Crippen LogP contribution < -0.4 is 0 Å². The third-order valence-electron chi connectivity index (χ3n) is 3.54. The Kier molecular flexibility index (Phi) is 6.47. The van der Waals surface area contributed by atoms with E-state index in [9.17, 15) is 8.42 Å². The minimum Gasteiger partial charge on any atom is -0.342 e. The van der Waals surface area contributed by atoms with Gasteiger partial charge in [-0.2, -0.15) is 8.42 Å². The van der Waals surface area contributed by atoms with Crippen molar-refractivity contribution in [3.8, 4) is 0 Å². The van der Waals surface area contributed by atoms with Gasteiger partial charge in [0.05, 0.1) is 32.3 Å². The summed E-state index contributed by atoms with van der Waals surface area (Å²) >= 11 is 6.09. The Morgan fingerprint density at radius 2 is 2.28 bits per heavy atom. The van der Waals surface area contributed by atoms with Crippen LogP contribution in [0.5, 0.6) is 0 Å². The van der Waals surface area contributed by atoms with E-state index in [2.05, 4.69) is 4.98 Å². The van der Waals surface area contributed by atoms with Gasteiger partial charge in [-0.15, -0.1) is 12.4 Å². The lowest BCUT2D eigenvalue weighted by molar-refractivity contribution is -0.189. The monoisotopic (exact) mass is 408 g/mol. The zero-order chi connectivity index (χ0) is 17.2. The summed E-state index contributed by atoms with van der Waals surface area (Å²) in [4.78, 5) is 4.02. The summed E-state index contributed by atoms with van der Waals surface area (Å²) in [5.74, 6) is -1.09. The molecular weight excluding hydrogens is 391 g/mol. The van der Waals surface area contributed by atoms with Gasteiger partial charge >= 0.3 is 0 Å².